The van der Waals surface area contributed by atoms with Crippen LogP contribution < -0.4 is 5.32 Å². The summed E-state index contributed by atoms with van der Waals surface area (Å²) in [6, 6.07) is 1.17. The first-order valence-electron chi connectivity index (χ1n) is 7.71. The minimum Gasteiger partial charge on any atom is -0.315 e. The number of sulfone groups is 1. The Bertz CT molecular complexity index is 423. The van der Waals surface area contributed by atoms with Crippen LogP contribution in [0.5, 0.6) is 0 Å². The standard InChI is InChI=1S/C14H26N2O2S/c1-19(17,18)13-6-2-5-12(8-13)16-7-3-4-11-9-15-10-14(11)16/h11-15H,2-10H2,1H3. The van der Waals surface area contributed by atoms with Gasteiger partial charge < -0.3 is 5.32 Å². The van der Waals surface area contributed by atoms with Crippen LogP contribution in [-0.2, 0) is 9.84 Å². The fourth-order valence-electron chi connectivity index (χ4n) is 4.37. The van der Waals surface area contributed by atoms with Crippen molar-refractivity contribution in [1.29, 1.82) is 0 Å². The maximum atomic E-state index is 11.8. The van der Waals surface area contributed by atoms with Crippen LogP contribution in [0.15, 0.2) is 0 Å². The van der Waals surface area contributed by atoms with Crippen LogP contribution in [0.4, 0.5) is 0 Å². The Morgan fingerprint density at radius 3 is 2.74 bits per heavy atom. The summed E-state index contributed by atoms with van der Waals surface area (Å²) in [5, 5.41) is 3.42. The van der Waals surface area contributed by atoms with E-state index in [-0.39, 0.29) is 5.25 Å². The highest BCUT2D eigenvalue weighted by atomic mass is 32.2. The summed E-state index contributed by atoms with van der Waals surface area (Å²) in [4.78, 5) is 2.64. The van der Waals surface area contributed by atoms with Crippen molar-refractivity contribution in [3.63, 3.8) is 0 Å². The molecule has 2 heterocycles. The summed E-state index contributed by atoms with van der Waals surface area (Å²) < 4.78 is 23.6. The van der Waals surface area contributed by atoms with Gasteiger partial charge in [0.1, 0.15) is 9.84 Å². The molecule has 0 radical (unpaired) electrons. The third kappa shape index (κ3) is 2.83. The molecule has 0 aromatic carbocycles. The van der Waals surface area contributed by atoms with Crippen LogP contribution in [0, 0.1) is 5.92 Å². The van der Waals surface area contributed by atoms with Gasteiger partial charge in [-0.25, -0.2) is 8.42 Å². The molecule has 1 saturated carbocycles. The molecule has 3 rings (SSSR count). The number of rotatable bonds is 2. The lowest BCUT2D eigenvalue weighted by atomic mass is 9.86. The van der Waals surface area contributed by atoms with Crippen molar-refractivity contribution >= 4 is 9.84 Å². The van der Waals surface area contributed by atoms with Gasteiger partial charge in [-0.05, 0) is 51.1 Å². The number of piperidine rings is 1. The third-order valence-electron chi connectivity index (χ3n) is 5.39. The van der Waals surface area contributed by atoms with E-state index in [9.17, 15) is 8.42 Å². The number of nitrogens with zero attached hydrogens (tertiary/aromatic N) is 1. The average molecular weight is 286 g/mol. The van der Waals surface area contributed by atoms with Gasteiger partial charge in [0, 0.05) is 24.9 Å². The molecule has 0 bridgehead atoms. The van der Waals surface area contributed by atoms with Crippen LogP contribution in [0.2, 0.25) is 0 Å². The second-order valence-corrected chi connectivity index (χ2v) is 8.96. The summed E-state index contributed by atoms with van der Waals surface area (Å²) in [7, 11) is -2.86. The molecular weight excluding hydrogens is 260 g/mol. The van der Waals surface area contributed by atoms with E-state index in [2.05, 4.69) is 10.2 Å². The largest absolute Gasteiger partial charge is 0.315 e. The predicted octanol–water partition coefficient (Wildman–Crippen LogP) is 1.03. The molecule has 5 heteroatoms. The Morgan fingerprint density at radius 2 is 1.95 bits per heavy atom. The molecule has 3 aliphatic rings. The van der Waals surface area contributed by atoms with Gasteiger partial charge in [0.15, 0.2) is 0 Å². The average Bonchev–Trinajstić information content (AvgIpc) is 2.86. The molecule has 4 unspecified atom stereocenters. The molecule has 4 nitrogen and oxygen atoms in total. The maximum absolute atomic E-state index is 11.8. The van der Waals surface area contributed by atoms with E-state index >= 15 is 0 Å². The van der Waals surface area contributed by atoms with Gasteiger partial charge >= 0.3 is 0 Å². The Hall–Kier alpha value is -0.130. The Morgan fingerprint density at radius 1 is 1.11 bits per heavy atom. The molecule has 0 aromatic rings. The van der Waals surface area contributed by atoms with Crippen molar-refractivity contribution < 1.29 is 8.42 Å². The van der Waals surface area contributed by atoms with Crippen molar-refractivity contribution in [1.82, 2.24) is 10.2 Å². The molecule has 0 amide bonds. The minimum absolute atomic E-state index is 0.0963. The van der Waals surface area contributed by atoms with Crippen molar-refractivity contribution in [2.75, 3.05) is 25.9 Å². The number of nitrogens with one attached hydrogen (secondary N) is 1. The molecule has 1 N–H and O–H groups in total. The molecule has 0 aromatic heterocycles. The number of likely N-dealkylation sites (tertiary alicyclic amines) is 1. The number of fused-ring (bicyclic) bond motifs is 1. The van der Waals surface area contributed by atoms with Crippen LogP contribution in [0.3, 0.4) is 0 Å². The first-order chi connectivity index (χ1) is 9.05. The van der Waals surface area contributed by atoms with E-state index in [1.54, 1.807) is 0 Å². The number of hydrogen-bond donors (Lipinski definition) is 1. The third-order valence-corrected chi connectivity index (χ3v) is 7.03. The molecule has 2 aliphatic heterocycles. The zero-order valence-electron chi connectivity index (χ0n) is 11.8. The van der Waals surface area contributed by atoms with E-state index in [0.29, 0.717) is 12.1 Å². The van der Waals surface area contributed by atoms with Crippen molar-refractivity contribution in [3.8, 4) is 0 Å². The first-order valence-corrected chi connectivity index (χ1v) is 9.66. The van der Waals surface area contributed by atoms with Crippen molar-refractivity contribution in [3.05, 3.63) is 0 Å². The predicted molar refractivity (Wildman–Crippen MR) is 77.0 cm³/mol. The van der Waals surface area contributed by atoms with Crippen LogP contribution in [-0.4, -0.2) is 56.5 Å². The topological polar surface area (TPSA) is 49.4 Å². The lowest BCUT2D eigenvalue weighted by Crippen LogP contribution is -2.52. The van der Waals surface area contributed by atoms with Gasteiger partial charge in [0.2, 0.25) is 0 Å². The van der Waals surface area contributed by atoms with Gasteiger partial charge in [-0.15, -0.1) is 0 Å². The number of hydrogen-bond acceptors (Lipinski definition) is 4. The molecule has 19 heavy (non-hydrogen) atoms. The lowest BCUT2D eigenvalue weighted by molar-refractivity contribution is 0.0590. The van der Waals surface area contributed by atoms with Gasteiger partial charge in [-0.3, -0.25) is 4.90 Å². The Kier molecular flexibility index (Phi) is 3.89. The highest BCUT2D eigenvalue weighted by Gasteiger charge is 2.40. The minimum atomic E-state index is -2.86. The molecule has 110 valence electrons. The van der Waals surface area contributed by atoms with Gasteiger partial charge in [-0.1, -0.05) is 6.42 Å². The van der Waals surface area contributed by atoms with Gasteiger partial charge in [0.25, 0.3) is 0 Å². The maximum Gasteiger partial charge on any atom is 0.150 e. The quantitative estimate of drug-likeness (QED) is 0.823. The molecule has 1 aliphatic carbocycles. The fraction of sp³-hybridized carbons (Fsp3) is 1.00. The summed E-state index contributed by atoms with van der Waals surface area (Å²) >= 11 is 0. The van der Waals surface area contributed by atoms with E-state index in [4.69, 9.17) is 0 Å². The van der Waals surface area contributed by atoms with Gasteiger partial charge in [-0.2, -0.15) is 0 Å². The highest BCUT2D eigenvalue weighted by molar-refractivity contribution is 7.91. The van der Waals surface area contributed by atoms with E-state index < -0.39 is 9.84 Å². The highest BCUT2D eigenvalue weighted by Crippen LogP contribution is 2.34. The Balaban J connectivity index is 1.71. The SMILES string of the molecule is CS(=O)(=O)C1CCCC(N2CCCC3CNCC32)C1. The van der Waals surface area contributed by atoms with Crippen LogP contribution in [0.25, 0.3) is 0 Å². The fourth-order valence-corrected chi connectivity index (χ4v) is 5.53. The Labute approximate surface area is 116 Å². The molecule has 2 saturated heterocycles. The van der Waals surface area contributed by atoms with Crippen LogP contribution in [0.1, 0.15) is 38.5 Å². The van der Waals surface area contributed by atoms with E-state index in [0.717, 1.165) is 38.3 Å². The summed E-state index contributed by atoms with van der Waals surface area (Å²) in [6.45, 7) is 3.43. The summed E-state index contributed by atoms with van der Waals surface area (Å²) in [5.74, 6) is 0.798. The zero-order chi connectivity index (χ0) is 13.5. The normalized spacial score (nSPS) is 41.1. The summed E-state index contributed by atoms with van der Waals surface area (Å²) in [6.07, 6.45) is 8.03. The smallest absolute Gasteiger partial charge is 0.150 e. The van der Waals surface area contributed by atoms with Crippen molar-refractivity contribution in [2.24, 2.45) is 5.92 Å². The molecule has 0 spiro atoms. The van der Waals surface area contributed by atoms with E-state index in [1.807, 2.05) is 0 Å². The van der Waals surface area contributed by atoms with Gasteiger partial charge in [0.05, 0.1) is 5.25 Å². The van der Waals surface area contributed by atoms with Crippen LogP contribution >= 0.6 is 0 Å². The monoisotopic (exact) mass is 286 g/mol. The molecule has 3 fully saturated rings. The molecular formula is C14H26N2O2S. The molecule has 4 atom stereocenters. The van der Waals surface area contributed by atoms with Crippen molar-refractivity contribution in [2.45, 2.75) is 55.9 Å². The lowest BCUT2D eigenvalue weighted by Gasteiger charge is -2.44. The first kappa shape index (κ1) is 13.8. The summed E-state index contributed by atoms with van der Waals surface area (Å²) in [5.41, 5.74) is 0. The second kappa shape index (κ2) is 5.34. The van der Waals surface area contributed by atoms with E-state index in [1.165, 1.54) is 32.1 Å². The second-order valence-electron chi connectivity index (χ2n) is 6.64. The zero-order valence-corrected chi connectivity index (χ0v) is 12.7.